The number of hydrogen-bond acceptors (Lipinski definition) is 9. The molecule has 2 aromatic carbocycles. The summed E-state index contributed by atoms with van der Waals surface area (Å²) in [6.45, 7) is 4.43. The summed E-state index contributed by atoms with van der Waals surface area (Å²) in [5.74, 6) is 0.0537. The maximum absolute atomic E-state index is 12.9. The Morgan fingerprint density at radius 2 is 1.54 bits per heavy atom. The predicted molar refractivity (Wildman–Crippen MR) is 140 cm³/mol. The summed E-state index contributed by atoms with van der Waals surface area (Å²) in [6, 6.07) is 7.87. The van der Waals surface area contributed by atoms with E-state index in [1.54, 1.807) is 31.2 Å². The number of benzene rings is 2. The molecule has 0 aliphatic carbocycles. The van der Waals surface area contributed by atoms with E-state index in [-0.39, 0.29) is 17.9 Å². The second-order valence-corrected chi connectivity index (χ2v) is 10.1. The van der Waals surface area contributed by atoms with Crippen molar-refractivity contribution in [2.24, 2.45) is 0 Å². The molecule has 2 aromatic rings. The standard InChI is InChI=1S/C26H33NO9S/c1-8-26(3,36-17(2)28)25(29)27-21-13-18(9-10-22(21)33-5)16-37(30,31)12-11-20-23(34-6)14-19(32-4)15-24(20)35-7/h9-15H,8,16H2,1-7H3,(H,27,29)/b12-11+. The van der Waals surface area contributed by atoms with Crippen molar-refractivity contribution in [3.63, 3.8) is 0 Å². The fourth-order valence-electron chi connectivity index (χ4n) is 3.44. The van der Waals surface area contributed by atoms with E-state index in [1.165, 1.54) is 54.4 Å². The summed E-state index contributed by atoms with van der Waals surface area (Å²) in [4.78, 5) is 24.3. The molecule has 0 saturated heterocycles. The lowest BCUT2D eigenvalue weighted by Crippen LogP contribution is -2.43. The van der Waals surface area contributed by atoms with E-state index in [1.807, 2.05) is 0 Å². The van der Waals surface area contributed by atoms with Crippen LogP contribution in [-0.2, 0) is 29.9 Å². The molecule has 0 heterocycles. The van der Waals surface area contributed by atoms with Crippen LogP contribution in [0.2, 0.25) is 0 Å². The molecule has 10 nitrogen and oxygen atoms in total. The first-order valence-electron chi connectivity index (χ1n) is 11.3. The molecule has 0 aliphatic heterocycles. The van der Waals surface area contributed by atoms with Gasteiger partial charge in [-0.1, -0.05) is 13.0 Å². The molecule has 2 rings (SSSR count). The molecule has 0 spiro atoms. The fraction of sp³-hybridized carbons (Fsp3) is 0.385. The molecule has 1 unspecified atom stereocenters. The molecule has 0 fully saturated rings. The zero-order valence-corrected chi connectivity index (χ0v) is 22.9. The number of sulfone groups is 1. The van der Waals surface area contributed by atoms with Gasteiger partial charge in [0.2, 0.25) is 0 Å². The van der Waals surface area contributed by atoms with Crippen molar-refractivity contribution in [3.8, 4) is 23.0 Å². The maximum Gasteiger partial charge on any atom is 0.303 e. The zero-order valence-electron chi connectivity index (χ0n) is 22.0. The number of amides is 1. The number of methoxy groups -OCH3 is 4. The Kier molecular flexibility index (Phi) is 9.96. The summed E-state index contributed by atoms with van der Waals surface area (Å²) < 4.78 is 52.3. The summed E-state index contributed by atoms with van der Waals surface area (Å²) >= 11 is 0. The minimum Gasteiger partial charge on any atom is -0.496 e. The second kappa shape index (κ2) is 12.5. The molecule has 1 N–H and O–H groups in total. The molecule has 0 aromatic heterocycles. The van der Waals surface area contributed by atoms with Crippen LogP contribution < -0.4 is 24.3 Å². The van der Waals surface area contributed by atoms with Gasteiger partial charge in [0.05, 0.1) is 45.4 Å². The van der Waals surface area contributed by atoms with Gasteiger partial charge in [-0.25, -0.2) is 8.42 Å². The van der Waals surface area contributed by atoms with Gasteiger partial charge in [0.15, 0.2) is 15.4 Å². The van der Waals surface area contributed by atoms with Gasteiger partial charge in [0.1, 0.15) is 23.0 Å². The second-order valence-electron chi connectivity index (χ2n) is 8.22. The first-order valence-corrected chi connectivity index (χ1v) is 13.0. The Balaban J connectivity index is 2.34. The van der Waals surface area contributed by atoms with Crippen LogP contribution in [0.1, 0.15) is 38.3 Å². The van der Waals surface area contributed by atoms with Gasteiger partial charge in [-0.05, 0) is 37.1 Å². The van der Waals surface area contributed by atoms with Gasteiger partial charge < -0.3 is 29.0 Å². The molecular formula is C26H33NO9S. The Morgan fingerprint density at radius 1 is 0.946 bits per heavy atom. The molecule has 11 heteroatoms. The van der Waals surface area contributed by atoms with Crippen LogP contribution in [0.3, 0.4) is 0 Å². The average molecular weight is 536 g/mol. The third-order valence-corrected chi connectivity index (χ3v) is 6.89. The number of carbonyl (C=O) groups excluding carboxylic acids is 2. The summed E-state index contributed by atoms with van der Waals surface area (Å²) in [5, 5.41) is 3.75. The van der Waals surface area contributed by atoms with Crippen LogP contribution in [-0.4, -0.2) is 54.3 Å². The number of carbonyl (C=O) groups is 2. The Hall–Kier alpha value is -3.73. The van der Waals surface area contributed by atoms with E-state index < -0.39 is 27.3 Å². The maximum atomic E-state index is 12.9. The van der Waals surface area contributed by atoms with Gasteiger partial charge in [-0.15, -0.1) is 0 Å². The van der Waals surface area contributed by atoms with Crippen LogP contribution in [0.15, 0.2) is 35.7 Å². The highest BCUT2D eigenvalue weighted by Crippen LogP contribution is 2.35. The number of esters is 1. The molecule has 0 aliphatic rings. The lowest BCUT2D eigenvalue weighted by Gasteiger charge is -2.27. The summed E-state index contributed by atoms with van der Waals surface area (Å²) in [6.07, 6.45) is 1.63. The summed E-state index contributed by atoms with van der Waals surface area (Å²) in [5.41, 5.74) is -0.325. The summed E-state index contributed by atoms with van der Waals surface area (Å²) in [7, 11) is 2.08. The molecule has 37 heavy (non-hydrogen) atoms. The van der Waals surface area contributed by atoms with Crippen molar-refractivity contribution in [3.05, 3.63) is 46.9 Å². The lowest BCUT2D eigenvalue weighted by molar-refractivity contribution is -0.162. The van der Waals surface area contributed by atoms with Gasteiger partial charge >= 0.3 is 5.97 Å². The average Bonchev–Trinajstić information content (AvgIpc) is 2.86. The van der Waals surface area contributed by atoms with Gasteiger partial charge in [0.25, 0.3) is 5.91 Å². The molecule has 0 bridgehead atoms. The zero-order chi connectivity index (χ0) is 27.8. The highest BCUT2D eigenvalue weighted by Gasteiger charge is 2.35. The Morgan fingerprint density at radius 3 is 2.03 bits per heavy atom. The molecule has 0 radical (unpaired) electrons. The van der Waals surface area contributed by atoms with Crippen molar-refractivity contribution in [2.75, 3.05) is 33.8 Å². The van der Waals surface area contributed by atoms with Crippen molar-refractivity contribution < 1.29 is 41.7 Å². The third kappa shape index (κ3) is 7.63. The smallest absolute Gasteiger partial charge is 0.303 e. The first kappa shape index (κ1) is 29.5. The fourth-order valence-corrected chi connectivity index (χ4v) is 4.53. The Bertz CT molecular complexity index is 1250. The van der Waals surface area contributed by atoms with Crippen molar-refractivity contribution >= 4 is 33.5 Å². The van der Waals surface area contributed by atoms with E-state index >= 15 is 0 Å². The predicted octanol–water partition coefficient (Wildman–Crippen LogP) is 3.98. The van der Waals surface area contributed by atoms with E-state index in [2.05, 4.69) is 5.32 Å². The van der Waals surface area contributed by atoms with Crippen LogP contribution in [0.25, 0.3) is 6.08 Å². The van der Waals surface area contributed by atoms with Crippen molar-refractivity contribution in [1.82, 2.24) is 0 Å². The van der Waals surface area contributed by atoms with Gasteiger partial charge in [0, 0.05) is 24.5 Å². The monoisotopic (exact) mass is 535 g/mol. The van der Waals surface area contributed by atoms with Gasteiger partial charge in [-0.2, -0.15) is 0 Å². The van der Waals surface area contributed by atoms with Crippen LogP contribution in [0.5, 0.6) is 23.0 Å². The SMILES string of the molecule is CCC(C)(OC(C)=O)C(=O)Nc1cc(CS(=O)(=O)/C=C/c2c(OC)cc(OC)cc2OC)ccc1OC. The highest BCUT2D eigenvalue weighted by molar-refractivity contribution is 7.93. The highest BCUT2D eigenvalue weighted by atomic mass is 32.2. The van der Waals surface area contributed by atoms with E-state index in [0.29, 0.717) is 34.1 Å². The van der Waals surface area contributed by atoms with Crippen LogP contribution >= 0.6 is 0 Å². The van der Waals surface area contributed by atoms with E-state index in [4.69, 9.17) is 23.7 Å². The van der Waals surface area contributed by atoms with E-state index in [0.717, 1.165) is 5.41 Å². The van der Waals surface area contributed by atoms with Crippen molar-refractivity contribution in [2.45, 2.75) is 38.5 Å². The van der Waals surface area contributed by atoms with Crippen LogP contribution in [0.4, 0.5) is 5.69 Å². The lowest BCUT2D eigenvalue weighted by atomic mass is 10.0. The number of nitrogens with one attached hydrogen (secondary N) is 1. The van der Waals surface area contributed by atoms with Crippen LogP contribution in [0, 0.1) is 0 Å². The molecule has 202 valence electrons. The van der Waals surface area contributed by atoms with Crippen molar-refractivity contribution in [1.29, 1.82) is 0 Å². The number of rotatable bonds is 12. The van der Waals surface area contributed by atoms with E-state index in [9.17, 15) is 18.0 Å². The first-order chi connectivity index (χ1) is 17.4. The normalized spacial score (nSPS) is 12.9. The number of anilines is 1. The molecule has 0 saturated carbocycles. The third-order valence-electron chi connectivity index (χ3n) is 5.60. The minimum atomic E-state index is -3.76. The quantitative estimate of drug-likeness (QED) is 0.402. The Labute approximate surface area is 217 Å². The number of ether oxygens (including phenoxy) is 5. The molecular weight excluding hydrogens is 502 g/mol. The van der Waals surface area contributed by atoms with Gasteiger partial charge in [-0.3, -0.25) is 9.59 Å². The number of hydrogen-bond donors (Lipinski definition) is 1. The largest absolute Gasteiger partial charge is 0.496 e. The molecule has 1 amide bonds. The topological polar surface area (TPSA) is 126 Å². The minimum absolute atomic E-state index is 0.234. The molecule has 1 atom stereocenters.